The van der Waals surface area contributed by atoms with E-state index < -0.39 is 23.8 Å². The Labute approximate surface area is 176 Å². The quantitative estimate of drug-likeness (QED) is 0.498. The van der Waals surface area contributed by atoms with E-state index in [-0.39, 0.29) is 11.6 Å². The third-order valence-corrected chi connectivity index (χ3v) is 4.48. The number of nitrogens with one attached hydrogen (secondary N) is 1. The number of nitrogens with zero attached hydrogens (tertiary/aromatic N) is 4. The van der Waals surface area contributed by atoms with Crippen molar-refractivity contribution in [2.75, 3.05) is 5.32 Å². The first-order chi connectivity index (χ1) is 14.9. The summed E-state index contributed by atoms with van der Waals surface area (Å²) in [5.41, 5.74) is 2.31. The van der Waals surface area contributed by atoms with E-state index in [1.807, 2.05) is 13.8 Å². The van der Waals surface area contributed by atoms with Crippen molar-refractivity contribution in [2.45, 2.75) is 20.0 Å². The number of hydrogen-bond donors (Lipinski definition) is 1. The molecule has 0 aliphatic heterocycles. The van der Waals surface area contributed by atoms with Crippen LogP contribution in [0.4, 0.5) is 10.1 Å². The second-order valence-corrected chi connectivity index (χ2v) is 6.88. The monoisotopic (exact) mass is 419 g/mol. The van der Waals surface area contributed by atoms with Crippen molar-refractivity contribution in [3.8, 4) is 0 Å². The van der Waals surface area contributed by atoms with Crippen LogP contribution < -0.4 is 5.32 Å². The van der Waals surface area contributed by atoms with Gasteiger partial charge in [-0.1, -0.05) is 30.3 Å². The fourth-order valence-electron chi connectivity index (χ4n) is 3.05. The van der Waals surface area contributed by atoms with Crippen LogP contribution in [0.1, 0.15) is 33.7 Å². The van der Waals surface area contributed by atoms with E-state index >= 15 is 0 Å². The summed E-state index contributed by atoms with van der Waals surface area (Å²) in [7, 11) is 0. The molecule has 1 N–H and O–H groups in total. The van der Waals surface area contributed by atoms with Gasteiger partial charge in [0.2, 0.25) is 6.10 Å². The van der Waals surface area contributed by atoms with Gasteiger partial charge in [-0.2, -0.15) is 4.98 Å². The van der Waals surface area contributed by atoms with Gasteiger partial charge in [-0.25, -0.2) is 18.7 Å². The summed E-state index contributed by atoms with van der Waals surface area (Å²) in [6.07, 6.45) is -1.26. The minimum atomic E-state index is -1.26. The van der Waals surface area contributed by atoms with Gasteiger partial charge >= 0.3 is 5.97 Å². The summed E-state index contributed by atoms with van der Waals surface area (Å²) >= 11 is 0. The number of carbonyl (C=O) groups excluding carboxylic acids is 2. The lowest BCUT2D eigenvalue weighted by Gasteiger charge is -2.17. The fourth-order valence-corrected chi connectivity index (χ4v) is 3.05. The lowest BCUT2D eigenvalue weighted by Crippen LogP contribution is -2.26. The zero-order valence-electron chi connectivity index (χ0n) is 16.7. The average molecular weight is 419 g/mol. The molecule has 2 aromatic heterocycles. The smallest absolute Gasteiger partial charge is 0.379 e. The second-order valence-electron chi connectivity index (χ2n) is 6.88. The number of aryl methyl sites for hydroxylation is 2. The topological polar surface area (TPSA) is 98.5 Å². The molecule has 0 radical (unpaired) electrons. The molecule has 1 atom stereocenters. The first-order valence-electron chi connectivity index (χ1n) is 9.44. The van der Waals surface area contributed by atoms with E-state index in [0.717, 1.165) is 11.4 Å². The van der Waals surface area contributed by atoms with Gasteiger partial charge in [0.1, 0.15) is 5.82 Å². The number of halogens is 1. The maximum atomic E-state index is 13.1. The van der Waals surface area contributed by atoms with Crippen molar-refractivity contribution in [3.05, 3.63) is 89.3 Å². The normalized spacial score (nSPS) is 11.8. The molecule has 2 aromatic carbocycles. The molecule has 0 fully saturated rings. The Morgan fingerprint density at radius 3 is 2.45 bits per heavy atom. The molecular formula is C22H18FN5O3. The number of hydrogen-bond acceptors (Lipinski definition) is 6. The molecule has 31 heavy (non-hydrogen) atoms. The number of benzene rings is 2. The van der Waals surface area contributed by atoms with Crippen LogP contribution >= 0.6 is 0 Å². The Morgan fingerprint density at radius 2 is 1.74 bits per heavy atom. The molecule has 0 saturated carbocycles. The van der Waals surface area contributed by atoms with Gasteiger partial charge in [-0.05, 0) is 44.2 Å². The molecule has 4 aromatic rings. The third kappa shape index (κ3) is 4.40. The van der Waals surface area contributed by atoms with Crippen molar-refractivity contribution in [2.24, 2.45) is 0 Å². The first kappa shape index (κ1) is 20.1. The van der Waals surface area contributed by atoms with E-state index in [4.69, 9.17) is 4.74 Å². The summed E-state index contributed by atoms with van der Waals surface area (Å²) in [6.45, 7) is 3.62. The lowest BCUT2D eigenvalue weighted by atomic mass is 10.1. The molecule has 0 saturated heterocycles. The van der Waals surface area contributed by atoms with Crippen LogP contribution in [0.15, 0.2) is 60.7 Å². The molecule has 0 spiro atoms. The molecular weight excluding hydrogens is 401 g/mol. The van der Waals surface area contributed by atoms with Crippen LogP contribution in [-0.4, -0.2) is 31.5 Å². The second kappa shape index (κ2) is 8.31. The number of ether oxygens (including phenoxy) is 1. The molecule has 0 aliphatic carbocycles. The Hall–Kier alpha value is -4.14. The lowest BCUT2D eigenvalue weighted by molar-refractivity contribution is -0.125. The van der Waals surface area contributed by atoms with Gasteiger partial charge in [0.25, 0.3) is 17.5 Å². The standard InChI is InChI=1S/C22H18FN5O3/c1-13-12-14(2)28-22(24-13)26-19(27-28)21(30)31-18(15-6-4-3-5-7-15)20(29)25-17-10-8-16(23)9-11-17/h3-12,18H,1-2H3,(H,25,29)/t18-/m0/s1. The number of amides is 1. The van der Waals surface area contributed by atoms with Gasteiger partial charge in [0, 0.05) is 22.6 Å². The van der Waals surface area contributed by atoms with Crippen molar-refractivity contribution in [1.82, 2.24) is 19.6 Å². The van der Waals surface area contributed by atoms with Crippen molar-refractivity contribution in [1.29, 1.82) is 0 Å². The highest BCUT2D eigenvalue weighted by atomic mass is 19.1. The SMILES string of the molecule is Cc1cc(C)n2nc(C(=O)O[C@H](C(=O)Nc3ccc(F)cc3)c3ccccc3)nc2n1. The summed E-state index contributed by atoms with van der Waals surface area (Å²) in [5, 5.41) is 6.77. The van der Waals surface area contributed by atoms with Gasteiger partial charge in [0.05, 0.1) is 0 Å². The van der Waals surface area contributed by atoms with Gasteiger partial charge in [-0.15, -0.1) is 5.10 Å². The van der Waals surface area contributed by atoms with Crippen LogP contribution in [0.3, 0.4) is 0 Å². The third-order valence-electron chi connectivity index (χ3n) is 4.48. The number of anilines is 1. The zero-order valence-corrected chi connectivity index (χ0v) is 16.7. The van der Waals surface area contributed by atoms with Gasteiger partial charge < -0.3 is 10.1 Å². The van der Waals surface area contributed by atoms with Crippen molar-refractivity contribution in [3.63, 3.8) is 0 Å². The van der Waals surface area contributed by atoms with Gasteiger partial charge in [0.15, 0.2) is 0 Å². The van der Waals surface area contributed by atoms with Gasteiger partial charge in [-0.3, -0.25) is 4.79 Å². The highest BCUT2D eigenvalue weighted by Gasteiger charge is 2.28. The Kier molecular flexibility index (Phi) is 5.40. The highest BCUT2D eigenvalue weighted by Crippen LogP contribution is 2.21. The van der Waals surface area contributed by atoms with E-state index in [2.05, 4.69) is 20.4 Å². The Bertz CT molecular complexity index is 1260. The van der Waals surface area contributed by atoms with E-state index in [0.29, 0.717) is 11.3 Å². The molecule has 9 heteroatoms. The van der Waals surface area contributed by atoms with E-state index in [1.165, 1.54) is 28.8 Å². The van der Waals surface area contributed by atoms with Crippen molar-refractivity contribution >= 4 is 23.3 Å². The zero-order chi connectivity index (χ0) is 22.0. The number of esters is 1. The molecule has 2 heterocycles. The summed E-state index contributed by atoms with van der Waals surface area (Å²) in [5.74, 6) is -1.85. The largest absolute Gasteiger partial charge is 0.441 e. The molecule has 0 aliphatic rings. The van der Waals surface area contributed by atoms with Crippen LogP contribution in [0.5, 0.6) is 0 Å². The molecule has 0 unspecified atom stereocenters. The molecule has 156 valence electrons. The number of fused-ring (bicyclic) bond motifs is 1. The summed E-state index contributed by atoms with van der Waals surface area (Å²) < 4.78 is 20.1. The number of carbonyl (C=O) groups is 2. The average Bonchev–Trinajstić information content (AvgIpc) is 3.18. The van der Waals surface area contributed by atoms with Crippen LogP contribution in [0.25, 0.3) is 5.78 Å². The first-order valence-corrected chi connectivity index (χ1v) is 9.44. The summed E-state index contributed by atoms with van der Waals surface area (Å²) in [4.78, 5) is 34.0. The highest BCUT2D eigenvalue weighted by molar-refractivity contribution is 5.97. The minimum absolute atomic E-state index is 0.211. The maximum Gasteiger partial charge on any atom is 0.379 e. The molecule has 4 rings (SSSR count). The number of rotatable bonds is 5. The predicted molar refractivity (Wildman–Crippen MR) is 110 cm³/mol. The number of aromatic nitrogens is 4. The Balaban J connectivity index is 1.61. The molecule has 8 nitrogen and oxygen atoms in total. The predicted octanol–water partition coefficient (Wildman–Crippen LogP) is 3.42. The maximum absolute atomic E-state index is 13.1. The molecule has 0 bridgehead atoms. The van der Waals surface area contributed by atoms with Crippen LogP contribution in [0, 0.1) is 19.7 Å². The van der Waals surface area contributed by atoms with E-state index in [9.17, 15) is 14.0 Å². The van der Waals surface area contributed by atoms with Crippen LogP contribution in [-0.2, 0) is 9.53 Å². The molecule has 1 amide bonds. The van der Waals surface area contributed by atoms with E-state index in [1.54, 1.807) is 36.4 Å². The minimum Gasteiger partial charge on any atom is -0.441 e. The summed E-state index contributed by atoms with van der Waals surface area (Å²) in [6, 6.07) is 15.6. The van der Waals surface area contributed by atoms with Crippen LogP contribution in [0.2, 0.25) is 0 Å². The van der Waals surface area contributed by atoms with Crippen molar-refractivity contribution < 1.29 is 18.7 Å². The fraction of sp³-hybridized carbons (Fsp3) is 0.136. The Morgan fingerprint density at radius 1 is 1.03 bits per heavy atom.